The molecule has 21 heavy (non-hydrogen) atoms. The van der Waals surface area contributed by atoms with Gasteiger partial charge in [-0.1, -0.05) is 0 Å². The third-order valence-corrected chi connectivity index (χ3v) is 3.29. The van der Waals surface area contributed by atoms with Gasteiger partial charge in [0.15, 0.2) is 11.5 Å². The summed E-state index contributed by atoms with van der Waals surface area (Å²) in [7, 11) is 3.02. The summed E-state index contributed by atoms with van der Waals surface area (Å²) in [6, 6.07) is 5.54. The van der Waals surface area contributed by atoms with Gasteiger partial charge in [-0.05, 0) is 31.5 Å². The van der Waals surface area contributed by atoms with Crippen LogP contribution < -0.4 is 14.8 Å². The fraction of sp³-hybridized carbons (Fsp3) is 0.400. The van der Waals surface area contributed by atoms with Crippen molar-refractivity contribution in [2.75, 3.05) is 19.5 Å². The van der Waals surface area contributed by atoms with Crippen molar-refractivity contribution in [3.8, 4) is 17.2 Å². The maximum Gasteiger partial charge on any atom is 0.200 e. The molecular weight excluding hydrogens is 270 g/mol. The standard InChI is InChI=1S/C15H21N3O3/c1-5-18-10(2)6-14(17-18)16-9-11-7-12(20-3)15(19)13(8-11)21-4/h6-8,19H,5,9H2,1-4H3,(H,16,17). The van der Waals surface area contributed by atoms with Gasteiger partial charge < -0.3 is 19.9 Å². The van der Waals surface area contributed by atoms with Crippen LogP contribution in [0.1, 0.15) is 18.2 Å². The van der Waals surface area contributed by atoms with Crippen LogP contribution in [0.15, 0.2) is 18.2 Å². The van der Waals surface area contributed by atoms with Gasteiger partial charge in [0.2, 0.25) is 5.75 Å². The largest absolute Gasteiger partial charge is 0.502 e. The van der Waals surface area contributed by atoms with Crippen LogP contribution in [-0.4, -0.2) is 29.1 Å². The molecule has 2 aromatic rings. The first kappa shape index (κ1) is 15.0. The third-order valence-electron chi connectivity index (χ3n) is 3.29. The Kier molecular flexibility index (Phi) is 4.57. The highest BCUT2D eigenvalue weighted by Crippen LogP contribution is 2.37. The molecule has 1 aromatic heterocycles. The van der Waals surface area contributed by atoms with Gasteiger partial charge in [-0.2, -0.15) is 5.10 Å². The van der Waals surface area contributed by atoms with Gasteiger partial charge in [-0.3, -0.25) is 4.68 Å². The fourth-order valence-corrected chi connectivity index (χ4v) is 2.16. The number of aromatic hydroxyl groups is 1. The number of nitrogens with zero attached hydrogens (tertiary/aromatic N) is 2. The monoisotopic (exact) mass is 291 g/mol. The molecule has 1 aromatic carbocycles. The Labute approximate surface area is 124 Å². The number of benzene rings is 1. The number of hydrogen-bond donors (Lipinski definition) is 2. The van der Waals surface area contributed by atoms with E-state index in [1.807, 2.05) is 17.7 Å². The molecule has 0 bridgehead atoms. The lowest BCUT2D eigenvalue weighted by Gasteiger charge is -2.11. The number of aryl methyl sites for hydroxylation is 2. The number of anilines is 1. The summed E-state index contributed by atoms with van der Waals surface area (Å²) in [6.07, 6.45) is 0. The lowest BCUT2D eigenvalue weighted by molar-refractivity contribution is 0.339. The molecular formula is C15H21N3O3. The van der Waals surface area contributed by atoms with Crippen LogP contribution >= 0.6 is 0 Å². The van der Waals surface area contributed by atoms with Gasteiger partial charge in [0.1, 0.15) is 5.82 Å². The Bertz CT molecular complexity index is 598. The molecule has 0 radical (unpaired) electrons. The highest BCUT2D eigenvalue weighted by atomic mass is 16.5. The van der Waals surface area contributed by atoms with Crippen LogP contribution in [0.25, 0.3) is 0 Å². The number of hydrogen-bond acceptors (Lipinski definition) is 5. The second-order valence-electron chi connectivity index (χ2n) is 4.69. The molecule has 0 aliphatic carbocycles. The van der Waals surface area contributed by atoms with Gasteiger partial charge in [0.05, 0.1) is 14.2 Å². The molecule has 114 valence electrons. The minimum Gasteiger partial charge on any atom is -0.502 e. The number of methoxy groups -OCH3 is 2. The number of phenolic OH excluding ortho intramolecular Hbond substituents is 1. The Balaban J connectivity index is 2.15. The van der Waals surface area contributed by atoms with Crippen molar-refractivity contribution in [1.82, 2.24) is 9.78 Å². The van der Waals surface area contributed by atoms with E-state index < -0.39 is 0 Å². The number of rotatable bonds is 6. The Morgan fingerprint density at radius 1 is 1.19 bits per heavy atom. The number of ether oxygens (including phenoxy) is 2. The Morgan fingerprint density at radius 3 is 2.29 bits per heavy atom. The van der Waals surface area contributed by atoms with E-state index >= 15 is 0 Å². The fourth-order valence-electron chi connectivity index (χ4n) is 2.16. The summed E-state index contributed by atoms with van der Waals surface area (Å²) in [4.78, 5) is 0. The van der Waals surface area contributed by atoms with Crippen molar-refractivity contribution in [2.45, 2.75) is 26.9 Å². The van der Waals surface area contributed by atoms with E-state index in [1.165, 1.54) is 14.2 Å². The van der Waals surface area contributed by atoms with Gasteiger partial charge in [0.25, 0.3) is 0 Å². The molecule has 6 nitrogen and oxygen atoms in total. The molecule has 0 aliphatic rings. The smallest absolute Gasteiger partial charge is 0.200 e. The van der Waals surface area contributed by atoms with Crippen molar-refractivity contribution < 1.29 is 14.6 Å². The van der Waals surface area contributed by atoms with Gasteiger partial charge in [0, 0.05) is 24.8 Å². The predicted molar refractivity (Wildman–Crippen MR) is 81.2 cm³/mol. The molecule has 2 N–H and O–H groups in total. The zero-order valence-corrected chi connectivity index (χ0v) is 12.8. The van der Waals surface area contributed by atoms with Crippen molar-refractivity contribution in [3.63, 3.8) is 0 Å². The van der Waals surface area contributed by atoms with Gasteiger partial charge in [-0.15, -0.1) is 0 Å². The van der Waals surface area contributed by atoms with Crippen LogP contribution in [0.4, 0.5) is 5.82 Å². The Hall–Kier alpha value is -2.37. The quantitative estimate of drug-likeness (QED) is 0.856. The van der Waals surface area contributed by atoms with Crippen LogP contribution in [0.2, 0.25) is 0 Å². The highest BCUT2D eigenvalue weighted by Gasteiger charge is 2.11. The van der Waals surface area contributed by atoms with Crippen LogP contribution in [0.3, 0.4) is 0 Å². The van der Waals surface area contributed by atoms with E-state index in [9.17, 15) is 5.11 Å². The molecule has 0 saturated heterocycles. The average Bonchev–Trinajstić information content (AvgIpc) is 2.86. The lowest BCUT2D eigenvalue weighted by Crippen LogP contribution is -2.03. The first-order chi connectivity index (χ1) is 10.1. The summed E-state index contributed by atoms with van der Waals surface area (Å²) in [5, 5.41) is 17.6. The molecule has 0 unspecified atom stereocenters. The molecule has 0 spiro atoms. The SMILES string of the molecule is CCn1nc(NCc2cc(OC)c(O)c(OC)c2)cc1C. The molecule has 0 fully saturated rings. The minimum absolute atomic E-state index is 0.00913. The molecule has 1 heterocycles. The van der Waals surface area contributed by atoms with Crippen LogP contribution in [0, 0.1) is 6.92 Å². The average molecular weight is 291 g/mol. The summed E-state index contributed by atoms with van der Waals surface area (Å²) in [6.45, 7) is 5.48. The third kappa shape index (κ3) is 3.21. The summed E-state index contributed by atoms with van der Waals surface area (Å²) in [5.74, 6) is 1.61. The summed E-state index contributed by atoms with van der Waals surface area (Å²) >= 11 is 0. The zero-order chi connectivity index (χ0) is 15.4. The highest BCUT2D eigenvalue weighted by molar-refractivity contribution is 5.53. The maximum absolute atomic E-state index is 9.88. The van der Waals surface area contributed by atoms with Crippen molar-refractivity contribution in [3.05, 3.63) is 29.5 Å². The first-order valence-corrected chi connectivity index (χ1v) is 6.81. The summed E-state index contributed by atoms with van der Waals surface area (Å²) < 4.78 is 12.2. The molecule has 0 amide bonds. The maximum atomic E-state index is 9.88. The van der Waals surface area contributed by atoms with E-state index in [0.717, 1.165) is 23.6 Å². The topological polar surface area (TPSA) is 68.5 Å². The zero-order valence-electron chi connectivity index (χ0n) is 12.8. The molecule has 0 saturated carbocycles. The second-order valence-corrected chi connectivity index (χ2v) is 4.69. The molecule has 6 heteroatoms. The van der Waals surface area contributed by atoms with Crippen LogP contribution in [0.5, 0.6) is 17.2 Å². The Morgan fingerprint density at radius 2 is 1.81 bits per heavy atom. The van der Waals surface area contributed by atoms with E-state index in [4.69, 9.17) is 9.47 Å². The predicted octanol–water partition coefficient (Wildman–Crippen LogP) is 2.55. The minimum atomic E-state index is 0.00913. The van der Waals surface area contributed by atoms with Crippen molar-refractivity contribution >= 4 is 5.82 Å². The van der Waals surface area contributed by atoms with E-state index in [0.29, 0.717) is 18.0 Å². The van der Waals surface area contributed by atoms with Crippen molar-refractivity contribution in [2.24, 2.45) is 0 Å². The first-order valence-electron chi connectivity index (χ1n) is 6.81. The van der Waals surface area contributed by atoms with Gasteiger partial charge >= 0.3 is 0 Å². The number of nitrogens with one attached hydrogen (secondary N) is 1. The van der Waals surface area contributed by atoms with E-state index in [-0.39, 0.29) is 5.75 Å². The van der Waals surface area contributed by atoms with Crippen LogP contribution in [-0.2, 0) is 13.1 Å². The van der Waals surface area contributed by atoms with Gasteiger partial charge in [-0.25, -0.2) is 0 Å². The van der Waals surface area contributed by atoms with E-state index in [2.05, 4.69) is 17.3 Å². The second kappa shape index (κ2) is 6.39. The number of aromatic nitrogens is 2. The lowest BCUT2D eigenvalue weighted by atomic mass is 10.2. The summed E-state index contributed by atoms with van der Waals surface area (Å²) in [5.41, 5.74) is 2.05. The molecule has 2 rings (SSSR count). The van der Waals surface area contributed by atoms with Crippen molar-refractivity contribution in [1.29, 1.82) is 0 Å². The molecule has 0 aliphatic heterocycles. The van der Waals surface area contributed by atoms with E-state index in [1.54, 1.807) is 12.1 Å². The number of phenols is 1. The molecule has 0 atom stereocenters. The normalized spacial score (nSPS) is 10.5.